The summed E-state index contributed by atoms with van der Waals surface area (Å²) >= 11 is -4.62. The second-order valence-corrected chi connectivity index (χ2v) is 5.42. The molecule has 13 heavy (non-hydrogen) atoms. The fourth-order valence-corrected chi connectivity index (χ4v) is 0. The van der Waals surface area contributed by atoms with Gasteiger partial charge < -0.3 is 4.90 Å². The largest absolute Gasteiger partial charge is 1.00 e. The third-order valence-corrected chi connectivity index (χ3v) is 0.630. The van der Waals surface area contributed by atoms with E-state index in [9.17, 15) is 4.79 Å². The molecule has 0 aromatic carbocycles. The first-order valence-electron chi connectivity index (χ1n) is 2.82. The van der Waals surface area contributed by atoms with Crippen molar-refractivity contribution in [1.29, 1.82) is 0 Å². The molecule has 0 fully saturated rings. The van der Waals surface area contributed by atoms with Crippen LogP contribution in [-0.4, -0.2) is 39.1 Å². The van der Waals surface area contributed by atoms with E-state index in [4.69, 9.17) is 11.9 Å². The third-order valence-electron chi connectivity index (χ3n) is 0.630. The summed E-state index contributed by atoms with van der Waals surface area (Å²) in [5, 5.41) is 0. The second kappa shape index (κ2) is 11.8. The molecule has 0 aliphatic heterocycles. The van der Waals surface area contributed by atoms with E-state index in [2.05, 4.69) is 0 Å². The van der Waals surface area contributed by atoms with Crippen molar-refractivity contribution in [3.05, 3.63) is 0 Å². The summed E-state index contributed by atoms with van der Waals surface area (Å²) in [5.74, 6) is 0.0926. The van der Waals surface area contributed by atoms with Gasteiger partial charge in [0.1, 0.15) is 0 Å². The van der Waals surface area contributed by atoms with E-state index in [0.29, 0.717) is 5.71 Å². The Balaban J connectivity index is -0.0000000546. The first kappa shape index (κ1) is 24.1. The van der Waals surface area contributed by atoms with Gasteiger partial charge in [-0.2, -0.15) is 0 Å². The number of amides is 1. The van der Waals surface area contributed by atoms with E-state index in [1.54, 1.807) is 14.1 Å². The number of nitrogens with zero attached hydrogens (tertiary/aromatic N) is 1. The zero-order valence-electron chi connectivity index (χ0n) is 9.03. The molecule has 0 N–H and O–H groups in total. The van der Waals surface area contributed by atoms with E-state index in [1.807, 2.05) is 0 Å². The van der Waals surface area contributed by atoms with Crippen LogP contribution in [0.5, 0.6) is 0 Å². The van der Waals surface area contributed by atoms with Crippen molar-refractivity contribution in [2.75, 3.05) is 14.1 Å². The predicted octanol–water partition coefficient (Wildman–Crippen LogP) is -8.19. The van der Waals surface area contributed by atoms with E-state index in [-0.39, 0.29) is 65.0 Å². The van der Waals surface area contributed by atoms with Gasteiger partial charge in [-0.25, -0.2) is 0 Å². The standard InChI is InChI=1S/C4H9NO.CH5AsO3.2Na/c1-4(6)5(2)3;1-2(3,4)5;;/h1-3H3;1H3,(H2,3,4,5);;/q;;2*+1/p-2. The van der Waals surface area contributed by atoms with Crippen LogP contribution in [0.3, 0.4) is 0 Å². The maximum atomic E-state index is 10.1. The average Bonchev–Trinajstić information content (AvgIpc) is 1.59. The van der Waals surface area contributed by atoms with E-state index in [0.717, 1.165) is 0 Å². The molecule has 0 bridgehead atoms. The molecule has 68 valence electrons. The van der Waals surface area contributed by atoms with Gasteiger partial charge in [0.2, 0.25) is 5.91 Å². The van der Waals surface area contributed by atoms with Crippen LogP contribution in [0.25, 0.3) is 0 Å². The van der Waals surface area contributed by atoms with E-state index in [1.165, 1.54) is 11.8 Å². The molecule has 0 unspecified atom stereocenters. The smallest absolute Gasteiger partial charge is 1.00 e. The van der Waals surface area contributed by atoms with Gasteiger partial charge in [0, 0.05) is 21.0 Å². The minimum absolute atomic E-state index is 0. The molecule has 0 saturated carbocycles. The molecule has 0 spiro atoms. The van der Waals surface area contributed by atoms with Crippen LogP contribution in [0.15, 0.2) is 0 Å². The second-order valence-electron chi connectivity index (χ2n) is 2.18. The van der Waals surface area contributed by atoms with Crippen LogP contribution in [0.2, 0.25) is 5.71 Å². The van der Waals surface area contributed by atoms with Crippen molar-refractivity contribution in [2.24, 2.45) is 0 Å². The van der Waals surface area contributed by atoms with Gasteiger partial charge in [0.25, 0.3) is 0 Å². The molecule has 0 rings (SSSR count). The molecule has 0 atom stereocenters. The van der Waals surface area contributed by atoms with Gasteiger partial charge in [-0.15, -0.1) is 0 Å². The quantitative estimate of drug-likeness (QED) is 0.410. The maximum absolute atomic E-state index is 10.1. The molecule has 0 radical (unpaired) electrons. The summed E-state index contributed by atoms with van der Waals surface area (Å²) in [6, 6.07) is 0. The van der Waals surface area contributed by atoms with Gasteiger partial charge in [0.05, 0.1) is 0 Å². The van der Waals surface area contributed by atoms with Crippen molar-refractivity contribution in [2.45, 2.75) is 12.6 Å². The number of rotatable bonds is 0. The predicted molar refractivity (Wildman–Crippen MR) is 36.7 cm³/mol. The minimum atomic E-state index is -4.62. The minimum Gasteiger partial charge on any atom is 1.00 e. The number of carbonyl (C=O) groups is 1. The molecule has 0 aliphatic rings. The van der Waals surface area contributed by atoms with Gasteiger partial charge in [-0.3, -0.25) is 4.79 Å². The van der Waals surface area contributed by atoms with Crippen molar-refractivity contribution >= 4 is 20.1 Å². The zero-order valence-corrected chi connectivity index (χ0v) is 14.9. The summed E-state index contributed by atoms with van der Waals surface area (Å²) in [7, 11) is 3.45. The SMILES string of the molecule is CC(=O)N(C)C.C[As](=O)([O-])[O-].[Na+].[Na+]. The van der Waals surface area contributed by atoms with Crippen LogP contribution in [0, 0.1) is 0 Å². The first-order valence-corrected chi connectivity index (χ1v) is 6.99. The Kier molecular flexibility index (Phi) is 21.9. The van der Waals surface area contributed by atoms with Crippen molar-refractivity contribution in [3.8, 4) is 0 Å². The van der Waals surface area contributed by atoms with E-state index < -0.39 is 14.2 Å². The summed E-state index contributed by atoms with van der Waals surface area (Å²) in [6.07, 6.45) is 0. The molecular weight excluding hydrogens is 259 g/mol. The maximum Gasteiger partial charge on any atom is 1.00 e. The number of carbonyl (C=O) groups excluding carboxylic acids is 1. The Morgan fingerprint density at radius 3 is 1.31 bits per heavy atom. The van der Waals surface area contributed by atoms with Crippen molar-refractivity contribution in [3.63, 3.8) is 0 Å². The van der Waals surface area contributed by atoms with Crippen LogP contribution < -0.4 is 67.3 Å². The van der Waals surface area contributed by atoms with Crippen LogP contribution >= 0.6 is 0 Å². The van der Waals surface area contributed by atoms with Gasteiger partial charge in [-0.05, 0) is 0 Å². The summed E-state index contributed by atoms with van der Waals surface area (Å²) in [4.78, 5) is 11.6. The average molecular weight is 271 g/mol. The molecule has 0 aromatic rings. The summed E-state index contributed by atoms with van der Waals surface area (Å²) < 4.78 is 27.5. The Bertz CT molecular complexity index is 162. The van der Waals surface area contributed by atoms with Crippen LogP contribution in [0.4, 0.5) is 0 Å². The molecule has 0 saturated heterocycles. The topological polar surface area (TPSA) is 83.5 Å². The van der Waals surface area contributed by atoms with Gasteiger partial charge in [0.15, 0.2) is 0 Å². The Hall–Kier alpha value is 1.75. The molecular formula is C5H12AsNNa2O4. The monoisotopic (exact) mass is 271 g/mol. The van der Waals surface area contributed by atoms with Crippen molar-refractivity contribution < 1.29 is 75.8 Å². The van der Waals surface area contributed by atoms with Gasteiger partial charge in [-0.1, -0.05) is 0 Å². The van der Waals surface area contributed by atoms with Crippen LogP contribution in [0.1, 0.15) is 6.92 Å². The molecule has 0 aliphatic carbocycles. The number of hydrogen-bond donors (Lipinski definition) is 0. The summed E-state index contributed by atoms with van der Waals surface area (Å²) in [5.41, 5.74) is 0.693. The molecule has 1 amide bonds. The third kappa shape index (κ3) is 57.4. The fourth-order valence-electron chi connectivity index (χ4n) is 0. The Morgan fingerprint density at radius 2 is 1.31 bits per heavy atom. The first-order chi connectivity index (χ1) is 4.64. The molecule has 8 heteroatoms. The molecule has 0 aromatic heterocycles. The van der Waals surface area contributed by atoms with Crippen LogP contribution in [-0.2, 0) is 8.53 Å². The Labute approximate surface area is 126 Å². The number of hydrogen-bond acceptors (Lipinski definition) is 4. The normalized spacial score (nSPS) is 8.15. The van der Waals surface area contributed by atoms with Crippen molar-refractivity contribution in [1.82, 2.24) is 4.90 Å². The molecule has 0 heterocycles. The Morgan fingerprint density at radius 1 is 1.23 bits per heavy atom. The molecule has 5 nitrogen and oxygen atoms in total. The zero-order chi connectivity index (χ0) is 9.65. The summed E-state index contributed by atoms with van der Waals surface area (Å²) in [6.45, 7) is 1.53. The fraction of sp³-hybridized carbons (Fsp3) is 0.800. The van der Waals surface area contributed by atoms with Gasteiger partial charge >= 0.3 is 90.9 Å². The van der Waals surface area contributed by atoms with E-state index >= 15 is 0 Å².